The molecule has 180 valence electrons. The van der Waals surface area contributed by atoms with Crippen LogP contribution in [0.3, 0.4) is 0 Å². The van der Waals surface area contributed by atoms with Crippen LogP contribution in [0.5, 0.6) is 23.0 Å². The van der Waals surface area contributed by atoms with E-state index in [1.165, 1.54) is 24.3 Å². The lowest BCUT2D eigenvalue weighted by molar-refractivity contribution is 0.474. The summed E-state index contributed by atoms with van der Waals surface area (Å²) in [6, 6.07) is 20.1. The molecular weight excluding hydrogens is 460 g/mol. The second-order valence-electron chi connectivity index (χ2n) is 8.62. The number of ether oxygens (including phenoxy) is 2. The first-order chi connectivity index (χ1) is 16.5. The van der Waals surface area contributed by atoms with Crippen molar-refractivity contribution in [3.63, 3.8) is 0 Å². The van der Waals surface area contributed by atoms with Crippen LogP contribution in [0.25, 0.3) is 0 Å². The number of hydrogen-bond acceptors (Lipinski definition) is 6. The number of anilines is 2. The predicted molar refractivity (Wildman–Crippen MR) is 139 cm³/mol. The van der Waals surface area contributed by atoms with Crippen LogP contribution in [0.4, 0.5) is 11.4 Å². The molecule has 0 saturated heterocycles. The summed E-state index contributed by atoms with van der Waals surface area (Å²) >= 11 is 0. The minimum atomic E-state index is -3.71. The van der Waals surface area contributed by atoms with Crippen LogP contribution >= 0.6 is 0 Å². The van der Waals surface area contributed by atoms with Crippen LogP contribution in [-0.2, 0) is 9.84 Å². The van der Waals surface area contributed by atoms with Crippen molar-refractivity contribution in [3.05, 3.63) is 95.1 Å². The lowest BCUT2D eigenvalue weighted by atomic mass is 10.1. The molecule has 35 heavy (non-hydrogen) atoms. The summed E-state index contributed by atoms with van der Waals surface area (Å²) in [5.74, 6) is 2.49. The first kappa shape index (κ1) is 24.2. The Morgan fingerprint density at radius 3 is 1.11 bits per heavy atom. The lowest BCUT2D eigenvalue weighted by Gasteiger charge is -2.14. The number of sulfone groups is 1. The minimum Gasteiger partial charge on any atom is -0.457 e. The van der Waals surface area contributed by atoms with Crippen molar-refractivity contribution in [1.29, 1.82) is 0 Å². The van der Waals surface area contributed by atoms with Crippen LogP contribution in [0.2, 0.25) is 0 Å². The first-order valence-corrected chi connectivity index (χ1v) is 12.6. The van der Waals surface area contributed by atoms with Gasteiger partial charge in [0.2, 0.25) is 9.84 Å². The van der Waals surface area contributed by atoms with E-state index < -0.39 is 9.84 Å². The van der Waals surface area contributed by atoms with Crippen LogP contribution < -0.4 is 20.9 Å². The molecule has 0 saturated carbocycles. The Kier molecular flexibility index (Phi) is 6.45. The quantitative estimate of drug-likeness (QED) is 0.300. The Hall–Kier alpha value is -3.97. The van der Waals surface area contributed by atoms with Crippen molar-refractivity contribution >= 4 is 21.2 Å². The fourth-order valence-corrected chi connectivity index (χ4v) is 5.30. The third-order valence-electron chi connectivity index (χ3n) is 5.67. The Morgan fingerprint density at radius 1 is 0.543 bits per heavy atom. The molecule has 0 aliphatic carbocycles. The molecule has 4 N–H and O–H groups in total. The fourth-order valence-electron chi connectivity index (χ4n) is 4.03. The molecule has 0 heterocycles. The number of benzene rings is 4. The Labute approximate surface area is 206 Å². The molecule has 0 bridgehead atoms. The van der Waals surface area contributed by atoms with Crippen molar-refractivity contribution in [1.82, 2.24) is 0 Å². The molecule has 0 unspecified atom stereocenters. The molecular formula is C28H28N2O4S. The molecule has 4 rings (SSSR count). The third kappa shape index (κ3) is 5.10. The summed E-state index contributed by atoms with van der Waals surface area (Å²) in [5, 5.41) is 0. The summed E-state index contributed by atoms with van der Waals surface area (Å²) in [5.41, 5.74) is 16.7. The van der Waals surface area contributed by atoms with Crippen LogP contribution in [-0.4, -0.2) is 8.42 Å². The Morgan fingerprint density at radius 2 is 0.829 bits per heavy atom. The normalized spacial score (nSPS) is 11.3. The number of aryl methyl sites for hydroxylation is 4. The molecule has 0 radical (unpaired) electrons. The highest BCUT2D eigenvalue weighted by atomic mass is 32.2. The van der Waals surface area contributed by atoms with Gasteiger partial charge in [-0.3, -0.25) is 0 Å². The average Bonchev–Trinajstić information content (AvgIpc) is 2.79. The lowest BCUT2D eigenvalue weighted by Crippen LogP contribution is -2.02. The molecule has 0 amide bonds. The van der Waals surface area contributed by atoms with Gasteiger partial charge in [-0.05, 0) is 123 Å². The van der Waals surface area contributed by atoms with Gasteiger partial charge in [0.15, 0.2) is 0 Å². The van der Waals surface area contributed by atoms with E-state index in [4.69, 9.17) is 20.9 Å². The van der Waals surface area contributed by atoms with Crippen LogP contribution in [0.15, 0.2) is 82.6 Å². The van der Waals surface area contributed by atoms with Crippen molar-refractivity contribution in [3.8, 4) is 23.0 Å². The maximum absolute atomic E-state index is 13.2. The number of hydrogen-bond donors (Lipinski definition) is 2. The molecule has 0 spiro atoms. The van der Waals surface area contributed by atoms with E-state index in [-0.39, 0.29) is 9.79 Å². The molecule has 7 heteroatoms. The molecule has 4 aromatic rings. The molecule has 0 aromatic heterocycles. The zero-order valence-corrected chi connectivity index (χ0v) is 20.9. The van der Waals surface area contributed by atoms with Gasteiger partial charge in [-0.2, -0.15) is 0 Å². The van der Waals surface area contributed by atoms with E-state index in [2.05, 4.69) is 0 Å². The Bertz CT molecular complexity index is 1340. The van der Waals surface area contributed by atoms with Gasteiger partial charge in [0, 0.05) is 11.4 Å². The van der Waals surface area contributed by atoms with Crippen molar-refractivity contribution in [2.45, 2.75) is 37.5 Å². The summed E-state index contributed by atoms with van der Waals surface area (Å²) in [6.45, 7) is 7.67. The summed E-state index contributed by atoms with van der Waals surface area (Å²) in [6.07, 6.45) is 0. The number of nitrogens with two attached hydrogens (primary N) is 2. The molecule has 0 fully saturated rings. The maximum Gasteiger partial charge on any atom is 0.206 e. The number of rotatable bonds is 6. The van der Waals surface area contributed by atoms with Gasteiger partial charge in [-0.15, -0.1) is 0 Å². The van der Waals surface area contributed by atoms with E-state index in [0.29, 0.717) is 34.4 Å². The molecule has 4 aromatic carbocycles. The fraction of sp³-hybridized carbons (Fsp3) is 0.143. The van der Waals surface area contributed by atoms with Crippen LogP contribution in [0, 0.1) is 27.7 Å². The van der Waals surface area contributed by atoms with Gasteiger partial charge in [0.1, 0.15) is 23.0 Å². The SMILES string of the molecule is Cc1cc(N)cc(C)c1Oc1ccc(S(=O)(=O)c2ccc(Oc3c(C)cc(N)cc3C)cc2)cc1. The zero-order chi connectivity index (χ0) is 25.3. The van der Waals surface area contributed by atoms with Crippen molar-refractivity contribution in [2.24, 2.45) is 0 Å². The monoisotopic (exact) mass is 488 g/mol. The second-order valence-corrected chi connectivity index (χ2v) is 10.6. The third-order valence-corrected chi connectivity index (χ3v) is 7.46. The van der Waals surface area contributed by atoms with E-state index in [1.807, 2.05) is 52.0 Å². The van der Waals surface area contributed by atoms with Gasteiger partial charge < -0.3 is 20.9 Å². The van der Waals surface area contributed by atoms with Crippen molar-refractivity contribution < 1.29 is 17.9 Å². The van der Waals surface area contributed by atoms with Gasteiger partial charge in [-0.25, -0.2) is 8.42 Å². The Balaban J connectivity index is 1.53. The zero-order valence-electron chi connectivity index (χ0n) is 20.1. The average molecular weight is 489 g/mol. The summed E-state index contributed by atoms with van der Waals surface area (Å²) in [7, 11) is -3.71. The number of nitrogen functional groups attached to an aromatic ring is 2. The highest BCUT2D eigenvalue weighted by Gasteiger charge is 2.18. The van der Waals surface area contributed by atoms with Gasteiger partial charge in [-0.1, -0.05) is 0 Å². The minimum absolute atomic E-state index is 0.175. The van der Waals surface area contributed by atoms with E-state index in [1.54, 1.807) is 24.3 Å². The molecule has 0 atom stereocenters. The molecule has 0 aliphatic rings. The van der Waals surface area contributed by atoms with Gasteiger partial charge >= 0.3 is 0 Å². The summed E-state index contributed by atoms with van der Waals surface area (Å²) in [4.78, 5) is 0.351. The highest BCUT2D eigenvalue weighted by molar-refractivity contribution is 7.91. The molecule has 0 aliphatic heterocycles. The highest BCUT2D eigenvalue weighted by Crippen LogP contribution is 2.33. The first-order valence-electron chi connectivity index (χ1n) is 11.1. The molecule has 6 nitrogen and oxygen atoms in total. The standard InChI is InChI=1S/C28H28N2O4S/c1-17-13-21(29)14-18(2)27(17)33-23-5-9-25(10-6-23)35(31,32)26-11-7-24(8-12-26)34-28-19(3)15-22(30)16-20(28)4/h5-16H,29-30H2,1-4H3. The van der Waals surface area contributed by atoms with Crippen LogP contribution in [0.1, 0.15) is 22.3 Å². The van der Waals surface area contributed by atoms with E-state index >= 15 is 0 Å². The van der Waals surface area contributed by atoms with E-state index in [9.17, 15) is 8.42 Å². The van der Waals surface area contributed by atoms with Gasteiger partial charge in [0.05, 0.1) is 9.79 Å². The topological polar surface area (TPSA) is 105 Å². The summed E-state index contributed by atoms with van der Waals surface area (Å²) < 4.78 is 38.3. The maximum atomic E-state index is 13.2. The van der Waals surface area contributed by atoms with Gasteiger partial charge in [0.25, 0.3) is 0 Å². The second kappa shape index (κ2) is 9.35. The predicted octanol–water partition coefficient (Wildman–Crippen LogP) is 6.50. The largest absolute Gasteiger partial charge is 0.457 e. The van der Waals surface area contributed by atoms with Crippen molar-refractivity contribution in [2.75, 3.05) is 11.5 Å². The smallest absolute Gasteiger partial charge is 0.206 e. The van der Waals surface area contributed by atoms with E-state index in [0.717, 1.165) is 22.3 Å².